The molecule has 0 aromatic rings. The fourth-order valence-electron chi connectivity index (χ4n) is 4.92. The highest BCUT2D eigenvalue weighted by molar-refractivity contribution is 5.91. The minimum Gasteiger partial charge on any atom is -0.458 e. The van der Waals surface area contributed by atoms with Gasteiger partial charge in [-0.15, -0.1) is 0 Å². The lowest BCUT2D eigenvalue weighted by molar-refractivity contribution is -0.147. The molecule has 6 atom stereocenters. The summed E-state index contributed by atoms with van der Waals surface area (Å²) in [6.07, 6.45) is 3.08. The van der Waals surface area contributed by atoms with Gasteiger partial charge in [-0.05, 0) is 39.5 Å². The molecule has 4 nitrogen and oxygen atoms in total. The third-order valence-corrected chi connectivity index (χ3v) is 6.05. The Labute approximate surface area is 112 Å². The van der Waals surface area contributed by atoms with Gasteiger partial charge in [-0.1, -0.05) is 6.58 Å². The Balaban J connectivity index is 1.82. The average Bonchev–Trinajstić information content (AvgIpc) is 2.70. The zero-order valence-electron chi connectivity index (χ0n) is 11.4. The summed E-state index contributed by atoms with van der Waals surface area (Å²) in [6.45, 7) is 7.87. The Hall–Kier alpha value is -0.870. The van der Waals surface area contributed by atoms with Crippen LogP contribution in [0.3, 0.4) is 0 Å². The molecule has 0 radical (unpaired) electrons. The number of carbonyl (C=O) groups excluding carboxylic acids is 1. The lowest BCUT2D eigenvalue weighted by Crippen LogP contribution is -2.46. The largest absolute Gasteiger partial charge is 0.458 e. The first-order chi connectivity index (χ1) is 8.81. The molecule has 2 saturated heterocycles. The monoisotopic (exact) mass is 264 g/mol. The first kappa shape index (κ1) is 11.9. The molecular formula is C15H20O4. The third kappa shape index (κ3) is 1.20. The molecule has 2 aliphatic carbocycles. The maximum absolute atomic E-state index is 11.8. The first-order valence-electron chi connectivity index (χ1n) is 7.13. The van der Waals surface area contributed by atoms with Crippen molar-refractivity contribution >= 4 is 5.97 Å². The summed E-state index contributed by atoms with van der Waals surface area (Å²) in [7, 11) is 0. The van der Waals surface area contributed by atoms with E-state index < -0.39 is 5.60 Å². The summed E-state index contributed by atoms with van der Waals surface area (Å²) < 4.78 is 11.7. The van der Waals surface area contributed by atoms with Crippen LogP contribution in [0.5, 0.6) is 0 Å². The van der Waals surface area contributed by atoms with E-state index in [1.807, 2.05) is 6.92 Å². The number of esters is 1. The van der Waals surface area contributed by atoms with Gasteiger partial charge in [0.05, 0.1) is 17.1 Å². The zero-order chi connectivity index (χ0) is 13.6. The Morgan fingerprint density at radius 2 is 2.05 bits per heavy atom. The second-order valence-electron chi connectivity index (χ2n) is 7.10. The number of ether oxygens (including phenoxy) is 2. The molecule has 2 saturated carbocycles. The van der Waals surface area contributed by atoms with Gasteiger partial charge in [0.25, 0.3) is 0 Å². The molecule has 0 aromatic carbocycles. The van der Waals surface area contributed by atoms with Crippen molar-refractivity contribution < 1.29 is 19.4 Å². The van der Waals surface area contributed by atoms with Crippen LogP contribution in [0.25, 0.3) is 0 Å². The van der Waals surface area contributed by atoms with Crippen LogP contribution in [0.4, 0.5) is 0 Å². The highest BCUT2D eigenvalue weighted by atomic mass is 16.6. The van der Waals surface area contributed by atoms with E-state index in [0.717, 1.165) is 19.3 Å². The second kappa shape index (κ2) is 3.07. The Bertz CT molecular complexity index is 496. The highest BCUT2D eigenvalue weighted by Crippen LogP contribution is 2.69. The van der Waals surface area contributed by atoms with Gasteiger partial charge >= 0.3 is 5.97 Å². The molecule has 0 aromatic heterocycles. The summed E-state index contributed by atoms with van der Waals surface area (Å²) in [4.78, 5) is 11.8. The van der Waals surface area contributed by atoms with E-state index in [1.165, 1.54) is 0 Å². The molecule has 0 unspecified atom stereocenters. The lowest BCUT2D eigenvalue weighted by atomic mass is 9.76. The molecule has 19 heavy (non-hydrogen) atoms. The van der Waals surface area contributed by atoms with Crippen molar-refractivity contribution in [2.45, 2.75) is 62.4 Å². The van der Waals surface area contributed by atoms with Crippen LogP contribution >= 0.6 is 0 Å². The van der Waals surface area contributed by atoms with Crippen molar-refractivity contribution in [2.24, 2.45) is 11.8 Å². The van der Waals surface area contributed by atoms with Crippen molar-refractivity contribution in [1.29, 1.82) is 0 Å². The van der Waals surface area contributed by atoms with Crippen molar-refractivity contribution in [2.75, 3.05) is 0 Å². The minimum absolute atomic E-state index is 0.0483. The molecule has 0 amide bonds. The predicted molar refractivity (Wildman–Crippen MR) is 67.3 cm³/mol. The zero-order valence-corrected chi connectivity index (χ0v) is 11.4. The van der Waals surface area contributed by atoms with Crippen LogP contribution in [0.1, 0.15) is 39.5 Å². The van der Waals surface area contributed by atoms with Crippen LogP contribution in [-0.2, 0) is 14.3 Å². The van der Waals surface area contributed by atoms with Gasteiger partial charge < -0.3 is 14.6 Å². The number of carbonyl (C=O) groups is 1. The molecule has 4 rings (SSSR count). The maximum atomic E-state index is 11.8. The number of hydrogen-bond donors (Lipinski definition) is 1. The Morgan fingerprint density at radius 3 is 2.79 bits per heavy atom. The molecule has 4 heteroatoms. The fraction of sp³-hybridized carbons (Fsp3) is 0.800. The van der Waals surface area contributed by atoms with E-state index in [1.54, 1.807) is 0 Å². The SMILES string of the molecule is C=C1C(=O)O[C@@H]2[C@@H]1CC[C@]1(C)O[C@@]13CC[C@@](C)(O)[C@@H]23. The standard InChI is InChI=1S/C15H20O4/c1-8-9-4-5-14(3)15(19-14)7-6-13(2,17)11(15)10(9)18-12(8)16/h9-11,17H,1,4-7H2,2-3H3/t9-,10-,11-,13-,14+,15-/m1/s1. The van der Waals surface area contributed by atoms with Crippen molar-refractivity contribution in [3.05, 3.63) is 12.2 Å². The van der Waals surface area contributed by atoms with Gasteiger partial charge in [0.2, 0.25) is 0 Å². The van der Waals surface area contributed by atoms with Gasteiger partial charge in [0.1, 0.15) is 11.7 Å². The second-order valence-corrected chi connectivity index (χ2v) is 7.10. The van der Waals surface area contributed by atoms with Crippen LogP contribution in [0, 0.1) is 11.8 Å². The summed E-state index contributed by atoms with van der Waals surface area (Å²) in [6, 6.07) is 0. The van der Waals surface area contributed by atoms with E-state index in [4.69, 9.17) is 9.47 Å². The number of epoxide rings is 1. The quantitative estimate of drug-likeness (QED) is 0.410. The van der Waals surface area contributed by atoms with Gasteiger partial charge in [0.15, 0.2) is 0 Å². The first-order valence-corrected chi connectivity index (χ1v) is 7.13. The fourth-order valence-corrected chi connectivity index (χ4v) is 4.92. The predicted octanol–water partition coefficient (Wildman–Crippen LogP) is 1.57. The van der Waals surface area contributed by atoms with Gasteiger partial charge in [-0.3, -0.25) is 0 Å². The summed E-state index contributed by atoms with van der Waals surface area (Å²) in [5.41, 5.74) is -0.695. The summed E-state index contributed by atoms with van der Waals surface area (Å²) in [5.74, 6) is -0.370. The molecule has 4 aliphatic rings. The number of hydrogen-bond acceptors (Lipinski definition) is 4. The Morgan fingerprint density at radius 1 is 1.32 bits per heavy atom. The van der Waals surface area contributed by atoms with E-state index in [2.05, 4.69) is 13.5 Å². The van der Waals surface area contributed by atoms with Crippen LogP contribution in [-0.4, -0.2) is 34.0 Å². The van der Waals surface area contributed by atoms with Crippen molar-refractivity contribution in [3.63, 3.8) is 0 Å². The molecular weight excluding hydrogens is 244 g/mol. The van der Waals surface area contributed by atoms with E-state index in [9.17, 15) is 9.90 Å². The van der Waals surface area contributed by atoms with Crippen molar-refractivity contribution in [3.8, 4) is 0 Å². The van der Waals surface area contributed by atoms with Crippen LogP contribution in [0.15, 0.2) is 12.2 Å². The van der Waals surface area contributed by atoms with Gasteiger partial charge in [0, 0.05) is 11.5 Å². The number of rotatable bonds is 0. The summed E-state index contributed by atoms with van der Waals surface area (Å²) in [5, 5.41) is 10.7. The third-order valence-electron chi connectivity index (χ3n) is 6.05. The van der Waals surface area contributed by atoms with Crippen LogP contribution < -0.4 is 0 Å². The normalized spacial score (nSPS) is 59.0. The van der Waals surface area contributed by atoms with Crippen molar-refractivity contribution in [1.82, 2.24) is 0 Å². The molecule has 4 fully saturated rings. The van der Waals surface area contributed by atoms with Gasteiger partial charge in [-0.2, -0.15) is 0 Å². The average molecular weight is 264 g/mol. The summed E-state index contributed by atoms with van der Waals surface area (Å²) >= 11 is 0. The topological polar surface area (TPSA) is 59.1 Å². The minimum atomic E-state index is -0.823. The smallest absolute Gasteiger partial charge is 0.334 e. The Kier molecular flexibility index (Phi) is 1.92. The van der Waals surface area contributed by atoms with Crippen LogP contribution in [0.2, 0.25) is 0 Å². The molecule has 1 N–H and O–H groups in total. The molecule has 2 aliphatic heterocycles. The lowest BCUT2D eigenvalue weighted by Gasteiger charge is -2.33. The van der Waals surface area contributed by atoms with E-state index >= 15 is 0 Å². The maximum Gasteiger partial charge on any atom is 0.334 e. The number of fused-ring (bicyclic) bond motifs is 2. The van der Waals surface area contributed by atoms with Gasteiger partial charge in [-0.25, -0.2) is 4.79 Å². The highest BCUT2D eigenvalue weighted by Gasteiger charge is 2.79. The van der Waals surface area contributed by atoms with E-state index in [0.29, 0.717) is 12.0 Å². The molecule has 0 bridgehead atoms. The molecule has 1 spiro atoms. The number of aliphatic hydroxyl groups is 1. The van der Waals surface area contributed by atoms with E-state index in [-0.39, 0.29) is 35.1 Å². The molecule has 104 valence electrons. The molecule has 2 heterocycles.